The second kappa shape index (κ2) is 6.17. The number of thiazole rings is 1. The third-order valence-corrected chi connectivity index (χ3v) is 4.46. The van der Waals surface area contributed by atoms with E-state index in [0.29, 0.717) is 5.78 Å². The Balaban J connectivity index is 1.71. The van der Waals surface area contributed by atoms with Crippen LogP contribution >= 0.6 is 11.3 Å². The van der Waals surface area contributed by atoms with E-state index in [-0.39, 0.29) is 0 Å². The summed E-state index contributed by atoms with van der Waals surface area (Å²) in [6, 6.07) is 2.03. The summed E-state index contributed by atoms with van der Waals surface area (Å²) in [7, 11) is 0. The van der Waals surface area contributed by atoms with E-state index >= 15 is 0 Å². The molecule has 3 aromatic rings. The highest BCUT2D eigenvalue weighted by atomic mass is 32.1. The Morgan fingerprint density at radius 3 is 2.90 bits per heavy atom. The standard InChI is InChI=1S/C14H18N6S/c1-3-10-7-12(20-14(19-10)17-9-18-20)15-6-5-13-16-8-11(4-2)21-13/h7-9,15H,3-6H2,1-2H3. The van der Waals surface area contributed by atoms with Crippen LogP contribution in [0.1, 0.15) is 29.4 Å². The lowest BCUT2D eigenvalue weighted by atomic mass is 10.3. The predicted molar refractivity (Wildman–Crippen MR) is 83.8 cm³/mol. The molecule has 0 aliphatic heterocycles. The third-order valence-electron chi connectivity index (χ3n) is 3.26. The van der Waals surface area contributed by atoms with Crippen molar-refractivity contribution in [1.29, 1.82) is 0 Å². The van der Waals surface area contributed by atoms with Crippen LogP contribution in [0.15, 0.2) is 18.6 Å². The van der Waals surface area contributed by atoms with Crippen molar-refractivity contribution in [2.24, 2.45) is 0 Å². The van der Waals surface area contributed by atoms with Gasteiger partial charge in [-0.3, -0.25) is 0 Å². The third kappa shape index (κ3) is 3.02. The molecule has 1 N–H and O–H groups in total. The number of rotatable bonds is 6. The molecular weight excluding hydrogens is 284 g/mol. The Morgan fingerprint density at radius 2 is 2.14 bits per heavy atom. The molecule has 7 heteroatoms. The van der Waals surface area contributed by atoms with Gasteiger partial charge < -0.3 is 5.32 Å². The second-order valence-electron chi connectivity index (χ2n) is 4.71. The van der Waals surface area contributed by atoms with Crippen molar-refractivity contribution in [3.63, 3.8) is 0 Å². The first-order chi connectivity index (χ1) is 10.3. The summed E-state index contributed by atoms with van der Waals surface area (Å²) < 4.78 is 1.73. The van der Waals surface area contributed by atoms with Crippen LogP contribution in [0.4, 0.5) is 5.82 Å². The molecule has 110 valence electrons. The average Bonchev–Trinajstić information content (AvgIpc) is 3.15. The SMILES string of the molecule is CCc1cc(NCCc2ncc(CC)s2)n2ncnc2n1. The van der Waals surface area contributed by atoms with Crippen molar-refractivity contribution in [3.8, 4) is 0 Å². The summed E-state index contributed by atoms with van der Waals surface area (Å²) in [5, 5.41) is 8.78. The minimum absolute atomic E-state index is 0.638. The molecule has 6 nitrogen and oxygen atoms in total. The van der Waals surface area contributed by atoms with Crippen molar-refractivity contribution in [2.45, 2.75) is 33.1 Å². The zero-order valence-corrected chi connectivity index (χ0v) is 13.0. The maximum absolute atomic E-state index is 4.44. The monoisotopic (exact) mass is 302 g/mol. The molecule has 0 unspecified atom stereocenters. The van der Waals surface area contributed by atoms with Crippen LogP contribution in [-0.2, 0) is 19.3 Å². The zero-order valence-electron chi connectivity index (χ0n) is 12.2. The summed E-state index contributed by atoms with van der Waals surface area (Å²) in [6.07, 6.45) is 6.34. The number of fused-ring (bicyclic) bond motifs is 1. The Labute approximate surface area is 127 Å². The van der Waals surface area contributed by atoms with Crippen molar-refractivity contribution in [2.75, 3.05) is 11.9 Å². The highest BCUT2D eigenvalue weighted by Crippen LogP contribution is 2.15. The molecular formula is C14H18N6S. The van der Waals surface area contributed by atoms with Gasteiger partial charge in [0.05, 0.1) is 5.01 Å². The summed E-state index contributed by atoms with van der Waals surface area (Å²) in [5.41, 5.74) is 1.01. The van der Waals surface area contributed by atoms with Crippen LogP contribution in [-0.4, -0.2) is 31.1 Å². The molecule has 0 saturated heterocycles. The van der Waals surface area contributed by atoms with Crippen molar-refractivity contribution < 1.29 is 0 Å². The van der Waals surface area contributed by atoms with E-state index in [9.17, 15) is 0 Å². The van der Waals surface area contributed by atoms with Gasteiger partial charge in [-0.05, 0) is 12.8 Å². The quantitative estimate of drug-likeness (QED) is 0.757. The van der Waals surface area contributed by atoms with Crippen molar-refractivity contribution in [1.82, 2.24) is 24.6 Å². The number of nitrogens with zero attached hydrogens (tertiary/aromatic N) is 5. The fourth-order valence-electron chi connectivity index (χ4n) is 2.09. The van der Waals surface area contributed by atoms with Gasteiger partial charge in [0.1, 0.15) is 12.1 Å². The van der Waals surface area contributed by atoms with Crippen LogP contribution in [0.5, 0.6) is 0 Å². The Kier molecular flexibility index (Phi) is 4.10. The summed E-state index contributed by atoms with van der Waals surface area (Å²) >= 11 is 1.78. The molecule has 0 fully saturated rings. The van der Waals surface area contributed by atoms with Crippen LogP contribution < -0.4 is 5.32 Å². The maximum atomic E-state index is 4.44. The molecule has 0 aliphatic rings. The van der Waals surface area contributed by atoms with E-state index in [1.165, 1.54) is 16.2 Å². The lowest BCUT2D eigenvalue weighted by Gasteiger charge is -2.08. The van der Waals surface area contributed by atoms with Gasteiger partial charge >= 0.3 is 0 Å². The molecule has 0 atom stereocenters. The van der Waals surface area contributed by atoms with E-state index in [4.69, 9.17) is 0 Å². The first-order valence-corrected chi connectivity index (χ1v) is 7.99. The molecule has 3 heterocycles. The molecule has 21 heavy (non-hydrogen) atoms. The smallest absolute Gasteiger partial charge is 0.254 e. The fraction of sp³-hybridized carbons (Fsp3) is 0.429. The molecule has 0 bridgehead atoms. The Morgan fingerprint density at radius 1 is 1.24 bits per heavy atom. The van der Waals surface area contributed by atoms with E-state index in [0.717, 1.165) is 37.3 Å². The Bertz CT molecular complexity index is 732. The number of hydrogen-bond donors (Lipinski definition) is 1. The second-order valence-corrected chi connectivity index (χ2v) is 5.91. The van der Waals surface area contributed by atoms with Crippen molar-refractivity contribution in [3.05, 3.63) is 34.2 Å². The highest BCUT2D eigenvalue weighted by Gasteiger charge is 2.07. The molecule has 0 aromatic carbocycles. The maximum Gasteiger partial charge on any atom is 0.254 e. The van der Waals surface area contributed by atoms with Gasteiger partial charge in [0.15, 0.2) is 0 Å². The fourth-order valence-corrected chi connectivity index (χ4v) is 2.95. The zero-order chi connectivity index (χ0) is 14.7. The van der Waals surface area contributed by atoms with E-state index in [1.807, 2.05) is 12.3 Å². The topological polar surface area (TPSA) is 68.0 Å². The molecule has 0 aliphatic carbocycles. The minimum atomic E-state index is 0.638. The summed E-state index contributed by atoms with van der Waals surface area (Å²) in [6.45, 7) is 5.06. The number of hydrogen-bond acceptors (Lipinski definition) is 6. The normalized spacial score (nSPS) is 11.1. The number of aryl methyl sites for hydroxylation is 2. The van der Waals surface area contributed by atoms with Gasteiger partial charge in [-0.2, -0.15) is 14.6 Å². The molecule has 0 saturated carbocycles. The van der Waals surface area contributed by atoms with Gasteiger partial charge in [-0.15, -0.1) is 11.3 Å². The van der Waals surface area contributed by atoms with E-state index < -0.39 is 0 Å². The van der Waals surface area contributed by atoms with Gasteiger partial charge in [0.2, 0.25) is 0 Å². The van der Waals surface area contributed by atoms with Crippen LogP contribution in [0, 0.1) is 0 Å². The van der Waals surface area contributed by atoms with E-state index in [2.05, 4.69) is 39.2 Å². The lowest BCUT2D eigenvalue weighted by Crippen LogP contribution is -2.10. The summed E-state index contributed by atoms with van der Waals surface area (Å²) in [4.78, 5) is 14.4. The highest BCUT2D eigenvalue weighted by molar-refractivity contribution is 7.11. The number of anilines is 1. The molecule has 0 amide bonds. The van der Waals surface area contributed by atoms with Crippen LogP contribution in [0.2, 0.25) is 0 Å². The van der Waals surface area contributed by atoms with Gasteiger partial charge in [-0.1, -0.05) is 13.8 Å². The first-order valence-electron chi connectivity index (χ1n) is 7.17. The first kappa shape index (κ1) is 13.9. The Hall–Kier alpha value is -2.02. The number of nitrogens with one attached hydrogen (secondary N) is 1. The predicted octanol–water partition coefficient (Wildman–Crippen LogP) is 2.36. The van der Waals surface area contributed by atoms with Crippen LogP contribution in [0.3, 0.4) is 0 Å². The minimum Gasteiger partial charge on any atom is -0.369 e. The van der Waals surface area contributed by atoms with Crippen LogP contribution in [0.25, 0.3) is 5.78 Å². The van der Waals surface area contributed by atoms with Gasteiger partial charge in [0, 0.05) is 35.8 Å². The van der Waals surface area contributed by atoms with Gasteiger partial charge in [0.25, 0.3) is 5.78 Å². The molecule has 3 aromatic heterocycles. The van der Waals surface area contributed by atoms with Gasteiger partial charge in [-0.25, -0.2) is 9.97 Å². The number of aromatic nitrogens is 5. The average molecular weight is 302 g/mol. The van der Waals surface area contributed by atoms with E-state index in [1.54, 1.807) is 15.9 Å². The molecule has 0 spiro atoms. The summed E-state index contributed by atoms with van der Waals surface area (Å²) in [5.74, 6) is 1.57. The molecule has 0 radical (unpaired) electrons. The lowest BCUT2D eigenvalue weighted by molar-refractivity contribution is 0.891. The van der Waals surface area contributed by atoms with Crippen molar-refractivity contribution >= 4 is 22.9 Å². The molecule has 3 rings (SSSR count). The largest absolute Gasteiger partial charge is 0.369 e.